The molecule has 0 amide bonds. The largest absolute Gasteiger partial charge is 0.356 e. The van der Waals surface area contributed by atoms with Gasteiger partial charge in [-0.05, 0) is 24.3 Å². The van der Waals surface area contributed by atoms with E-state index in [0.717, 1.165) is 35.2 Å². The van der Waals surface area contributed by atoms with Gasteiger partial charge in [0.15, 0.2) is 0 Å². The van der Waals surface area contributed by atoms with E-state index in [9.17, 15) is 0 Å². The van der Waals surface area contributed by atoms with Crippen LogP contribution in [0.3, 0.4) is 0 Å². The predicted octanol–water partition coefficient (Wildman–Crippen LogP) is 2.58. The summed E-state index contributed by atoms with van der Waals surface area (Å²) in [5.74, 6) is 2.99. The number of H-pyrrole nitrogens is 1. The number of hydrogen-bond donors (Lipinski definition) is 1. The Labute approximate surface area is 106 Å². The average molecular weight is 242 g/mol. The van der Waals surface area contributed by atoms with Gasteiger partial charge in [0.25, 0.3) is 0 Å². The van der Waals surface area contributed by atoms with Crippen LogP contribution < -0.4 is 4.90 Å². The van der Waals surface area contributed by atoms with Crippen molar-refractivity contribution >= 4 is 16.9 Å². The van der Waals surface area contributed by atoms with E-state index in [0.29, 0.717) is 0 Å². The molecule has 4 rings (SSSR count). The normalized spacial score (nSPS) is 24.7. The van der Waals surface area contributed by atoms with Crippen molar-refractivity contribution in [1.29, 1.82) is 0 Å². The van der Waals surface area contributed by atoms with Gasteiger partial charge in [0.1, 0.15) is 17.8 Å². The van der Waals surface area contributed by atoms with Gasteiger partial charge in [0, 0.05) is 19.3 Å². The highest BCUT2D eigenvalue weighted by Crippen LogP contribution is 2.39. The molecular weight excluding hydrogens is 224 g/mol. The highest BCUT2D eigenvalue weighted by Gasteiger charge is 2.33. The Bertz CT molecular complexity index is 558. The molecule has 1 saturated carbocycles. The third kappa shape index (κ3) is 1.51. The van der Waals surface area contributed by atoms with Crippen LogP contribution in [-0.2, 0) is 0 Å². The van der Waals surface area contributed by atoms with Crippen molar-refractivity contribution in [3.05, 3.63) is 18.6 Å². The quantitative estimate of drug-likeness (QED) is 0.880. The molecule has 1 aliphatic heterocycles. The fourth-order valence-corrected chi connectivity index (χ4v) is 3.39. The van der Waals surface area contributed by atoms with E-state index >= 15 is 0 Å². The third-order valence-corrected chi connectivity index (χ3v) is 4.67. The summed E-state index contributed by atoms with van der Waals surface area (Å²) in [6, 6.07) is 2.08. The van der Waals surface area contributed by atoms with Gasteiger partial charge >= 0.3 is 0 Å². The van der Waals surface area contributed by atoms with Crippen LogP contribution in [0.2, 0.25) is 0 Å². The number of rotatable bonds is 2. The summed E-state index contributed by atoms with van der Waals surface area (Å²) in [5.41, 5.74) is 0.951. The number of aromatic nitrogens is 3. The number of aromatic amines is 1. The topological polar surface area (TPSA) is 44.8 Å². The molecule has 2 aromatic heterocycles. The molecule has 4 heteroatoms. The molecule has 0 spiro atoms. The summed E-state index contributed by atoms with van der Waals surface area (Å²) in [6.07, 6.45) is 9.29. The molecule has 1 saturated heterocycles. The monoisotopic (exact) mass is 242 g/mol. The average Bonchev–Trinajstić information content (AvgIpc) is 2.93. The standard InChI is InChI=1S/C14H18N4/c1-2-10(3-1)11-5-7-18(8-11)14-12-4-6-15-13(12)16-9-17-14/h4,6,9-11H,1-3,5,7-8H2,(H,15,16,17). The maximum absolute atomic E-state index is 4.49. The molecule has 1 unspecified atom stereocenters. The van der Waals surface area contributed by atoms with Gasteiger partial charge in [-0.25, -0.2) is 9.97 Å². The molecule has 1 N–H and O–H groups in total. The maximum atomic E-state index is 4.49. The minimum absolute atomic E-state index is 0.891. The Balaban J connectivity index is 1.61. The lowest BCUT2D eigenvalue weighted by molar-refractivity contribution is 0.221. The Morgan fingerprint density at radius 3 is 2.94 bits per heavy atom. The first-order valence-electron chi connectivity index (χ1n) is 6.95. The van der Waals surface area contributed by atoms with Crippen molar-refractivity contribution < 1.29 is 0 Å². The van der Waals surface area contributed by atoms with Crippen LogP contribution >= 0.6 is 0 Å². The Kier molecular flexibility index (Phi) is 2.28. The molecule has 2 aliphatic rings. The molecule has 4 nitrogen and oxygen atoms in total. The van der Waals surface area contributed by atoms with E-state index in [1.807, 2.05) is 6.20 Å². The van der Waals surface area contributed by atoms with E-state index in [1.165, 1.54) is 32.2 Å². The SMILES string of the molecule is c1nc(N2CCC(C3CCC3)C2)c2cc[nH]c2n1. The fourth-order valence-electron chi connectivity index (χ4n) is 3.39. The molecule has 2 fully saturated rings. The molecule has 94 valence electrons. The van der Waals surface area contributed by atoms with Crippen LogP contribution in [0.4, 0.5) is 5.82 Å². The molecule has 18 heavy (non-hydrogen) atoms. The highest BCUT2D eigenvalue weighted by atomic mass is 15.2. The third-order valence-electron chi connectivity index (χ3n) is 4.67. The summed E-state index contributed by atoms with van der Waals surface area (Å²) in [7, 11) is 0. The molecule has 1 aliphatic carbocycles. The Morgan fingerprint density at radius 2 is 2.11 bits per heavy atom. The summed E-state index contributed by atoms with van der Waals surface area (Å²) >= 11 is 0. The van der Waals surface area contributed by atoms with Crippen LogP contribution in [0.5, 0.6) is 0 Å². The second-order valence-corrected chi connectivity index (χ2v) is 5.62. The van der Waals surface area contributed by atoms with Gasteiger partial charge in [-0.2, -0.15) is 0 Å². The zero-order valence-corrected chi connectivity index (χ0v) is 10.5. The fraction of sp³-hybridized carbons (Fsp3) is 0.571. The minimum atomic E-state index is 0.891. The van der Waals surface area contributed by atoms with Crippen molar-refractivity contribution in [2.75, 3.05) is 18.0 Å². The lowest BCUT2D eigenvalue weighted by Gasteiger charge is -2.31. The zero-order valence-electron chi connectivity index (χ0n) is 10.5. The minimum Gasteiger partial charge on any atom is -0.356 e. The summed E-state index contributed by atoms with van der Waals surface area (Å²) in [5, 5.41) is 1.16. The lowest BCUT2D eigenvalue weighted by atomic mass is 9.75. The predicted molar refractivity (Wildman–Crippen MR) is 71.5 cm³/mol. The first-order chi connectivity index (χ1) is 8.92. The van der Waals surface area contributed by atoms with Crippen molar-refractivity contribution in [3.63, 3.8) is 0 Å². The lowest BCUT2D eigenvalue weighted by Crippen LogP contribution is -2.26. The summed E-state index contributed by atoms with van der Waals surface area (Å²) < 4.78 is 0. The summed E-state index contributed by atoms with van der Waals surface area (Å²) in [4.78, 5) is 14.4. The summed E-state index contributed by atoms with van der Waals surface area (Å²) in [6.45, 7) is 2.33. The van der Waals surface area contributed by atoms with E-state index in [4.69, 9.17) is 0 Å². The van der Waals surface area contributed by atoms with Gasteiger partial charge in [-0.1, -0.05) is 19.3 Å². The van der Waals surface area contributed by atoms with Crippen LogP contribution in [0.25, 0.3) is 11.0 Å². The number of anilines is 1. The number of hydrogen-bond acceptors (Lipinski definition) is 3. The molecular formula is C14H18N4. The second kappa shape index (κ2) is 3.97. The van der Waals surface area contributed by atoms with Gasteiger partial charge < -0.3 is 9.88 Å². The maximum Gasteiger partial charge on any atom is 0.142 e. The second-order valence-electron chi connectivity index (χ2n) is 5.62. The van der Waals surface area contributed by atoms with Gasteiger partial charge in [-0.3, -0.25) is 0 Å². The number of nitrogens with zero attached hydrogens (tertiary/aromatic N) is 3. The van der Waals surface area contributed by atoms with Crippen molar-refractivity contribution in [2.45, 2.75) is 25.7 Å². The molecule has 0 radical (unpaired) electrons. The number of fused-ring (bicyclic) bond motifs is 1. The first-order valence-corrected chi connectivity index (χ1v) is 6.95. The van der Waals surface area contributed by atoms with E-state index in [-0.39, 0.29) is 0 Å². The van der Waals surface area contributed by atoms with Crippen molar-refractivity contribution in [1.82, 2.24) is 15.0 Å². The first kappa shape index (κ1) is 10.4. The Morgan fingerprint density at radius 1 is 1.17 bits per heavy atom. The molecule has 0 aromatic carbocycles. The molecule has 1 atom stereocenters. The zero-order chi connectivity index (χ0) is 11.9. The molecule has 2 aromatic rings. The Hall–Kier alpha value is -1.58. The van der Waals surface area contributed by atoms with Crippen LogP contribution in [0, 0.1) is 11.8 Å². The molecule has 0 bridgehead atoms. The van der Waals surface area contributed by atoms with E-state index < -0.39 is 0 Å². The van der Waals surface area contributed by atoms with Crippen LogP contribution in [0.15, 0.2) is 18.6 Å². The van der Waals surface area contributed by atoms with Crippen LogP contribution in [0.1, 0.15) is 25.7 Å². The van der Waals surface area contributed by atoms with E-state index in [1.54, 1.807) is 6.33 Å². The smallest absolute Gasteiger partial charge is 0.142 e. The number of nitrogens with one attached hydrogen (secondary N) is 1. The van der Waals surface area contributed by atoms with Gasteiger partial charge in [0.05, 0.1) is 5.39 Å². The molecule has 3 heterocycles. The van der Waals surface area contributed by atoms with Gasteiger partial charge in [0.2, 0.25) is 0 Å². The highest BCUT2D eigenvalue weighted by molar-refractivity contribution is 5.87. The van der Waals surface area contributed by atoms with Gasteiger partial charge in [-0.15, -0.1) is 0 Å². The van der Waals surface area contributed by atoms with E-state index in [2.05, 4.69) is 25.9 Å². The van der Waals surface area contributed by atoms with Crippen molar-refractivity contribution in [3.8, 4) is 0 Å². The van der Waals surface area contributed by atoms with Crippen LogP contribution in [-0.4, -0.2) is 28.0 Å². The van der Waals surface area contributed by atoms with Crippen molar-refractivity contribution in [2.24, 2.45) is 11.8 Å².